The molecule has 0 atom stereocenters. The lowest BCUT2D eigenvalue weighted by atomic mass is 9.92. The van der Waals surface area contributed by atoms with Crippen LogP contribution in [0.1, 0.15) is 20.8 Å². The maximum Gasteiger partial charge on any atom is 0.546 e. The van der Waals surface area contributed by atoms with E-state index in [0.717, 1.165) is 0 Å². The van der Waals surface area contributed by atoms with Crippen LogP contribution in [0.3, 0.4) is 0 Å². The monoisotopic (exact) mass is 141 g/mol. The Morgan fingerprint density at radius 3 is 2.40 bits per heavy atom. The van der Waals surface area contributed by atoms with Gasteiger partial charge < -0.3 is 9.68 Å². The molecule has 0 amide bonds. The van der Waals surface area contributed by atoms with Crippen molar-refractivity contribution in [3.8, 4) is 0 Å². The van der Waals surface area contributed by atoms with Crippen molar-refractivity contribution in [2.75, 3.05) is 6.44 Å². The summed E-state index contributed by atoms with van der Waals surface area (Å²) in [6.45, 7) is 6.01. The standard InChI is InChI=1S/C6H12BNO2/c1-6(2,3)5-8-4-7(9)10-5/h9H,4H2,1-3H3. The summed E-state index contributed by atoms with van der Waals surface area (Å²) in [5.41, 5.74) is -0.0719. The lowest BCUT2D eigenvalue weighted by Gasteiger charge is -2.18. The molecule has 4 heteroatoms. The zero-order chi connectivity index (χ0) is 7.78. The van der Waals surface area contributed by atoms with Crippen LogP contribution < -0.4 is 0 Å². The average Bonchev–Trinajstić information content (AvgIpc) is 2.11. The third kappa shape index (κ3) is 1.50. The number of aliphatic imine (C=N–C) groups is 1. The minimum absolute atomic E-state index is 0.0719. The first-order valence-corrected chi connectivity index (χ1v) is 3.40. The van der Waals surface area contributed by atoms with Crippen molar-refractivity contribution in [2.24, 2.45) is 10.4 Å². The Balaban J connectivity index is 2.60. The van der Waals surface area contributed by atoms with Crippen LogP contribution in [0.2, 0.25) is 0 Å². The summed E-state index contributed by atoms with van der Waals surface area (Å²) in [7, 11) is -0.714. The minimum Gasteiger partial charge on any atom is -0.524 e. The summed E-state index contributed by atoms with van der Waals surface area (Å²) in [5, 5.41) is 8.93. The molecule has 0 fully saturated rings. The molecule has 0 aromatic carbocycles. The quantitative estimate of drug-likeness (QED) is 0.498. The van der Waals surface area contributed by atoms with Gasteiger partial charge in [0.1, 0.15) is 0 Å². The summed E-state index contributed by atoms with van der Waals surface area (Å²) in [5.74, 6) is 0.653. The highest BCUT2D eigenvalue weighted by Gasteiger charge is 2.31. The maximum atomic E-state index is 8.93. The van der Waals surface area contributed by atoms with E-state index < -0.39 is 7.12 Å². The van der Waals surface area contributed by atoms with Crippen LogP contribution in [0.25, 0.3) is 0 Å². The van der Waals surface area contributed by atoms with Crippen molar-refractivity contribution in [3.63, 3.8) is 0 Å². The fraction of sp³-hybridized carbons (Fsp3) is 0.833. The number of hydrogen-bond donors (Lipinski definition) is 1. The van der Waals surface area contributed by atoms with Crippen LogP contribution >= 0.6 is 0 Å². The van der Waals surface area contributed by atoms with Gasteiger partial charge in [-0.05, 0) is 0 Å². The Labute approximate surface area is 61.3 Å². The normalized spacial score (nSPS) is 18.8. The molecule has 0 unspecified atom stereocenters. The molecule has 1 heterocycles. The summed E-state index contributed by atoms with van der Waals surface area (Å²) >= 11 is 0. The fourth-order valence-corrected chi connectivity index (χ4v) is 0.778. The third-order valence-corrected chi connectivity index (χ3v) is 1.28. The molecule has 1 rings (SSSR count). The second-order valence-corrected chi connectivity index (χ2v) is 3.47. The predicted molar refractivity (Wildman–Crippen MR) is 40.8 cm³/mol. The molecule has 0 spiro atoms. The molecule has 0 saturated carbocycles. The number of hydrogen-bond acceptors (Lipinski definition) is 3. The molecule has 0 radical (unpaired) electrons. The van der Waals surface area contributed by atoms with Crippen molar-refractivity contribution in [1.29, 1.82) is 0 Å². The summed E-state index contributed by atoms with van der Waals surface area (Å²) in [4.78, 5) is 4.03. The molecule has 0 aromatic heterocycles. The number of nitrogens with zero attached hydrogens (tertiary/aromatic N) is 1. The van der Waals surface area contributed by atoms with E-state index in [1.807, 2.05) is 20.8 Å². The van der Waals surface area contributed by atoms with Gasteiger partial charge in [0.05, 0.1) is 6.44 Å². The Morgan fingerprint density at radius 1 is 1.60 bits per heavy atom. The van der Waals surface area contributed by atoms with E-state index in [4.69, 9.17) is 9.68 Å². The van der Waals surface area contributed by atoms with E-state index in [1.165, 1.54) is 0 Å². The van der Waals surface area contributed by atoms with Crippen molar-refractivity contribution in [3.05, 3.63) is 0 Å². The van der Waals surface area contributed by atoms with Gasteiger partial charge in [-0.15, -0.1) is 0 Å². The van der Waals surface area contributed by atoms with E-state index in [-0.39, 0.29) is 5.41 Å². The molecule has 1 aliphatic rings. The van der Waals surface area contributed by atoms with E-state index in [0.29, 0.717) is 12.3 Å². The third-order valence-electron chi connectivity index (χ3n) is 1.28. The summed E-state index contributed by atoms with van der Waals surface area (Å²) in [6, 6.07) is 0. The van der Waals surface area contributed by atoms with Gasteiger partial charge in [-0.25, -0.2) is 0 Å². The molecule has 10 heavy (non-hydrogen) atoms. The topological polar surface area (TPSA) is 41.8 Å². The molecule has 1 aliphatic heterocycles. The minimum atomic E-state index is -0.714. The van der Waals surface area contributed by atoms with Gasteiger partial charge in [-0.1, -0.05) is 20.8 Å². The van der Waals surface area contributed by atoms with Crippen molar-refractivity contribution >= 4 is 13.0 Å². The zero-order valence-electron chi connectivity index (χ0n) is 6.59. The molecule has 0 bridgehead atoms. The SMILES string of the molecule is CC(C)(C)C1=NCB(O)O1. The summed E-state index contributed by atoms with van der Waals surface area (Å²) in [6.07, 6.45) is 0.382. The highest BCUT2D eigenvalue weighted by molar-refractivity contribution is 6.47. The zero-order valence-corrected chi connectivity index (χ0v) is 6.59. The van der Waals surface area contributed by atoms with Crippen LogP contribution in [-0.2, 0) is 4.65 Å². The predicted octanol–water partition coefficient (Wildman–Crippen LogP) is 0.481. The molecular formula is C6H12BNO2. The highest BCUT2D eigenvalue weighted by atomic mass is 16.5. The van der Waals surface area contributed by atoms with Crippen molar-refractivity contribution in [1.82, 2.24) is 0 Å². The first kappa shape index (κ1) is 7.60. The van der Waals surface area contributed by atoms with Gasteiger partial charge in [0, 0.05) is 5.41 Å². The van der Waals surface area contributed by atoms with Crippen LogP contribution in [0.5, 0.6) is 0 Å². The van der Waals surface area contributed by atoms with Gasteiger partial charge in [-0.3, -0.25) is 4.99 Å². The van der Waals surface area contributed by atoms with Crippen LogP contribution in [-0.4, -0.2) is 24.5 Å². The number of rotatable bonds is 0. The van der Waals surface area contributed by atoms with E-state index in [1.54, 1.807) is 0 Å². The second kappa shape index (κ2) is 2.27. The first-order chi connectivity index (χ1) is 4.50. The summed E-state index contributed by atoms with van der Waals surface area (Å²) < 4.78 is 5.03. The molecule has 56 valence electrons. The Kier molecular flexibility index (Phi) is 1.73. The fourth-order valence-electron chi connectivity index (χ4n) is 0.778. The van der Waals surface area contributed by atoms with Gasteiger partial charge in [0.2, 0.25) is 0 Å². The van der Waals surface area contributed by atoms with Gasteiger partial charge in [-0.2, -0.15) is 0 Å². The molecule has 0 aromatic rings. The van der Waals surface area contributed by atoms with Gasteiger partial charge in [0.15, 0.2) is 5.90 Å². The Bertz CT molecular complexity index is 162. The van der Waals surface area contributed by atoms with Crippen molar-refractivity contribution < 1.29 is 9.68 Å². The molecule has 0 saturated heterocycles. The largest absolute Gasteiger partial charge is 0.546 e. The van der Waals surface area contributed by atoms with E-state index >= 15 is 0 Å². The molecule has 3 nitrogen and oxygen atoms in total. The van der Waals surface area contributed by atoms with Crippen molar-refractivity contribution in [2.45, 2.75) is 20.8 Å². The van der Waals surface area contributed by atoms with Crippen LogP contribution in [0, 0.1) is 5.41 Å². The highest BCUT2D eigenvalue weighted by Crippen LogP contribution is 2.20. The van der Waals surface area contributed by atoms with Crippen LogP contribution in [0.15, 0.2) is 4.99 Å². The smallest absolute Gasteiger partial charge is 0.524 e. The van der Waals surface area contributed by atoms with Gasteiger partial charge in [0.25, 0.3) is 0 Å². The lowest BCUT2D eigenvalue weighted by Crippen LogP contribution is -2.25. The first-order valence-electron chi connectivity index (χ1n) is 3.40. The maximum absolute atomic E-state index is 8.93. The van der Waals surface area contributed by atoms with E-state index in [2.05, 4.69) is 4.99 Å². The lowest BCUT2D eigenvalue weighted by molar-refractivity contribution is 0.383. The van der Waals surface area contributed by atoms with Crippen LogP contribution in [0.4, 0.5) is 0 Å². The van der Waals surface area contributed by atoms with Gasteiger partial charge >= 0.3 is 7.12 Å². The molecule has 1 N–H and O–H groups in total. The second-order valence-electron chi connectivity index (χ2n) is 3.47. The Hall–Kier alpha value is -0.505. The van der Waals surface area contributed by atoms with E-state index in [9.17, 15) is 0 Å². The average molecular weight is 141 g/mol. The molecule has 0 aliphatic carbocycles. The Morgan fingerprint density at radius 2 is 2.20 bits per heavy atom. The molecular weight excluding hydrogens is 129 g/mol.